The first-order valence-electron chi connectivity index (χ1n) is 9.69. The molecule has 0 radical (unpaired) electrons. The molecule has 31 heavy (non-hydrogen) atoms. The highest BCUT2D eigenvalue weighted by atomic mass is 35.5. The molecule has 0 fully saturated rings. The van der Waals surface area contributed by atoms with Gasteiger partial charge in [0.05, 0.1) is 24.0 Å². The summed E-state index contributed by atoms with van der Waals surface area (Å²) in [6.07, 6.45) is -1.14. The van der Waals surface area contributed by atoms with Crippen LogP contribution in [0.3, 0.4) is 0 Å². The molecule has 7 nitrogen and oxygen atoms in total. The lowest BCUT2D eigenvalue weighted by Gasteiger charge is -2.25. The van der Waals surface area contributed by atoms with Crippen LogP contribution in [0.1, 0.15) is 5.69 Å². The smallest absolute Gasteiger partial charge is 0.430 e. The summed E-state index contributed by atoms with van der Waals surface area (Å²) in [6, 6.07) is 14.5. The van der Waals surface area contributed by atoms with Crippen LogP contribution in [0, 0.1) is 6.92 Å². The minimum Gasteiger partial charge on any atom is -0.497 e. The molecule has 0 bridgehead atoms. The Balaban J connectivity index is 1.94. The van der Waals surface area contributed by atoms with E-state index in [2.05, 4.69) is 10.4 Å². The zero-order valence-corrected chi connectivity index (χ0v) is 18.8. The largest absolute Gasteiger partial charge is 0.497 e. The van der Waals surface area contributed by atoms with Crippen molar-refractivity contribution >= 4 is 57.3 Å². The zero-order valence-electron chi connectivity index (χ0n) is 17.3. The Labute approximate surface area is 191 Å². The summed E-state index contributed by atoms with van der Waals surface area (Å²) >= 11 is 11.8. The molecule has 3 aromatic rings. The van der Waals surface area contributed by atoms with Crippen molar-refractivity contribution in [2.24, 2.45) is 0 Å². The van der Waals surface area contributed by atoms with Crippen LogP contribution in [-0.4, -0.2) is 48.1 Å². The molecular formula is C22H24Cl2N4O3. The number of halogens is 2. The van der Waals surface area contributed by atoms with E-state index in [1.54, 1.807) is 25.3 Å². The van der Waals surface area contributed by atoms with E-state index in [-0.39, 0.29) is 0 Å². The van der Waals surface area contributed by atoms with Crippen molar-refractivity contribution < 1.29 is 14.6 Å². The van der Waals surface area contributed by atoms with E-state index in [9.17, 15) is 9.90 Å². The number of pyridine rings is 1. The predicted molar refractivity (Wildman–Crippen MR) is 127 cm³/mol. The summed E-state index contributed by atoms with van der Waals surface area (Å²) in [7, 11) is 1.58. The van der Waals surface area contributed by atoms with Gasteiger partial charge in [0.15, 0.2) is 0 Å². The molecule has 0 saturated carbocycles. The standard InChI is InChI=1S/C22H24Cl2N4O3/c1-15-13-21(19-14-18(31-2)7-8-20(19)25-15)26-28(22(29)30)17-5-3-16(4-6-17)27(11-9-23)12-10-24/h3-8,13-14H,9-12H2,1-2H3,(H,25,26)(H,29,30). The molecule has 0 saturated heterocycles. The second-order valence-corrected chi connectivity index (χ2v) is 7.56. The third-order valence-corrected chi connectivity index (χ3v) is 5.09. The van der Waals surface area contributed by atoms with Gasteiger partial charge < -0.3 is 14.7 Å². The van der Waals surface area contributed by atoms with Gasteiger partial charge >= 0.3 is 6.09 Å². The van der Waals surface area contributed by atoms with Crippen molar-refractivity contribution in [3.63, 3.8) is 0 Å². The molecule has 0 atom stereocenters. The fourth-order valence-corrected chi connectivity index (χ4v) is 3.69. The number of nitrogens with zero attached hydrogens (tertiary/aromatic N) is 3. The number of aromatic nitrogens is 1. The monoisotopic (exact) mass is 462 g/mol. The highest BCUT2D eigenvalue weighted by molar-refractivity contribution is 6.18. The first-order valence-corrected chi connectivity index (χ1v) is 10.8. The minimum absolute atomic E-state index is 0.471. The SMILES string of the molecule is COc1ccc2nc(C)cc(NN(C(=O)O)c3ccc(N(CCCl)CCCl)cc3)c2c1. The molecule has 0 unspecified atom stereocenters. The maximum absolute atomic E-state index is 12.1. The van der Waals surface area contributed by atoms with Crippen LogP contribution in [0.2, 0.25) is 0 Å². The van der Waals surface area contributed by atoms with Crippen molar-refractivity contribution in [3.8, 4) is 5.75 Å². The summed E-state index contributed by atoms with van der Waals surface area (Å²) in [5.41, 5.74) is 6.51. The fraction of sp³-hybridized carbons (Fsp3) is 0.273. The number of benzene rings is 2. The molecule has 3 rings (SSSR count). The van der Waals surface area contributed by atoms with Gasteiger partial charge in [0.1, 0.15) is 5.75 Å². The van der Waals surface area contributed by atoms with E-state index >= 15 is 0 Å². The number of carbonyl (C=O) groups is 1. The summed E-state index contributed by atoms with van der Waals surface area (Å²) < 4.78 is 5.31. The number of fused-ring (bicyclic) bond motifs is 1. The third-order valence-electron chi connectivity index (χ3n) is 4.75. The number of carboxylic acid groups (broad SMARTS) is 1. The molecule has 2 N–H and O–H groups in total. The summed E-state index contributed by atoms with van der Waals surface area (Å²) in [6.45, 7) is 3.16. The molecule has 0 aliphatic heterocycles. The van der Waals surface area contributed by atoms with Gasteiger partial charge in [-0.3, -0.25) is 10.4 Å². The molecule has 9 heteroatoms. The van der Waals surface area contributed by atoms with Gasteiger partial charge in [-0.05, 0) is 55.5 Å². The van der Waals surface area contributed by atoms with Crippen LogP contribution in [0.4, 0.5) is 21.9 Å². The summed E-state index contributed by atoms with van der Waals surface area (Å²) in [4.78, 5) is 18.6. The van der Waals surface area contributed by atoms with E-state index < -0.39 is 6.09 Å². The Morgan fingerprint density at radius 2 is 1.71 bits per heavy atom. The minimum atomic E-state index is -1.14. The number of aryl methyl sites for hydroxylation is 1. The number of nitrogens with one attached hydrogen (secondary N) is 1. The molecule has 0 aliphatic carbocycles. The number of hydrazine groups is 1. The van der Waals surface area contributed by atoms with E-state index in [1.165, 1.54) is 0 Å². The van der Waals surface area contributed by atoms with Gasteiger partial charge in [0, 0.05) is 41.6 Å². The van der Waals surface area contributed by atoms with E-state index in [0.717, 1.165) is 27.3 Å². The Kier molecular flexibility index (Phi) is 7.65. The number of hydrogen-bond acceptors (Lipinski definition) is 5. The van der Waals surface area contributed by atoms with Crippen molar-refractivity contribution in [3.05, 3.63) is 54.2 Å². The second-order valence-electron chi connectivity index (χ2n) is 6.81. The number of ether oxygens (including phenoxy) is 1. The van der Waals surface area contributed by atoms with E-state index in [1.807, 2.05) is 42.2 Å². The maximum atomic E-state index is 12.1. The van der Waals surface area contributed by atoms with Crippen molar-refractivity contribution in [2.45, 2.75) is 6.92 Å². The lowest BCUT2D eigenvalue weighted by molar-refractivity contribution is 0.203. The van der Waals surface area contributed by atoms with Crippen LogP contribution < -0.4 is 20.1 Å². The van der Waals surface area contributed by atoms with Crippen LogP contribution in [0.5, 0.6) is 5.75 Å². The predicted octanol–water partition coefficient (Wildman–Crippen LogP) is 5.35. The highest BCUT2D eigenvalue weighted by Gasteiger charge is 2.17. The Bertz CT molecular complexity index is 1040. The van der Waals surface area contributed by atoms with Gasteiger partial charge in [-0.1, -0.05) is 0 Å². The van der Waals surface area contributed by atoms with Gasteiger partial charge in [-0.2, -0.15) is 5.01 Å². The molecule has 1 amide bonds. The molecule has 2 aromatic carbocycles. The lowest BCUT2D eigenvalue weighted by atomic mass is 10.1. The van der Waals surface area contributed by atoms with Gasteiger partial charge in [-0.25, -0.2) is 4.79 Å². The van der Waals surface area contributed by atoms with Gasteiger partial charge in [-0.15, -0.1) is 23.2 Å². The Morgan fingerprint density at radius 1 is 1.06 bits per heavy atom. The summed E-state index contributed by atoms with van der Waals surface area (Å²) in [5.74, 6) is 1.60. The van der Waals surface area contributed by atoms with Crippen LogP contribution in [0.25, 0.3) is 10.9 Å². The first kappa shape index (κ1) is 22.8. The number of anilines is 3. The molecule has 0 aliphatic rings. The molecular weight excluding hydrogens is 439 g/mol. The average Bonchev–Trinajstić information content (AvgIpc) is 2.76. The number of alkyl halides is 2. The van der Waals surface area contributed by atoms with Crippen LogP contribution >= 0.6 is 23.2 Å². The topological polar surface area (TPSA) is 77.9 Å². The van der Waals surface area contributed by atoms with Crippen molar-refractivity contribution in [1.82, 2.24) is 4.98 Å². The molecule has 164 valence electrons. The second kappa shape index (κ2) is 10.4. The molecule has 0 spiro atoms. The third kappa shape index (κ3) is 5.42. The van der Waals surface area contributed by atoms with E-state index in [4.69, 9.17) is 27.9 Å². The number of methoxy groups -OCH3 is 1. The number of amides is 1. The summed E-state index contributed by atoms with van der Waals surface area (Å²) in [5, 5.41) is 11.7. The van der Waals surface area contributed by atoms with Crippen LogP contribution in [0.15, 0.2) is 48.5 Å². The first-order chi connectivity index (χ1) is 15.0. The number of hydrogen-bond donors (Lipinski definition) is 2. The van der Waals surface area contributed by atoms with Gasteiger partial charge in [0.25, 0.3) is 0 Å². The zero-order chi connectivity index (χ0) is 22.4. The van der Waals surface area contributed by atoms with Crippen molar-refractivity contribution in [2.75, 3.05) is 47.3 Å². The molecule has 1 aromatic heterocycles. The van der Waals surface area contributed by atoms with Gasteiger partial charge in [0.2, 0.25) is 0 Å². The van der Waals surface area contributed by atoms with Crippen molar-refractivity contribution in [1.29, 1.82) is 0 Å². The average molecular weight is 463 g/mol. The quantitative estimate of drug-likeness (QED) is 0.329. The fourth-order valence-electron chi connectivity index (χ4n) is 3.29. The molecule has 1 heterocycles. The highest BCUT2D eigenvalue weighted by Crippen LogP contribution is 2.29. The maximum Gasteiger partial charge on any atom is 0.430 e. The van der Waals surface area contributed by atoms with E-state index in [0.29, 0.717) is 42.0 Å². The Hall–Kier alpha value is -2.90. The van der Waals surface area contributed by atoms with Crippen LogP contribution in [-0.2, 0) is 0 Å². The Morgan fingerprint density at radius 3 is 2.29 bits per heavy atom. The lowest BCUT2D eigenvalue weighted by Crippen LogP contribution is -2.35. The number of rotatable bonds is 9. The normalized spacial score (nSPS) is 10.7.